The number of ether oxygens (including phenoxy) is 1. The number of nitrogens with one attached hydrogen (secondary N) is 2. The van der Waals surface area contributed by atoms with Crippen LogP contribution in [0, 0.1) is 0 Å². The van der Waals surface area contributed by atoms with Gasteiger partial charge in [0.25, 0.3) is 6.43 Å². The SMILES string of the molecule is O=C1CCC(c2nn(CC(F)F)c3cc(C4CCN(CCCS(=O)N5CCC(Nc6ncc(OC(F)F)cn6)CC5)CC4)ccc23)C(=O)N1. The van der Waals surface area contributed by atoms with E-state index in [9.17, 15) is 31.4 Å². The molecule has 2 aromatic heterocycles. The van der Waals surface area contributed by atoms with Crippen molar-refractivity contribution < 1.29 is 36.1 Å². The summed E-state index contributed by atoms with van der Waals surface area (Å²) in [6.07, 6.45) is 4.40. The number of fused-ring (bicyclic) bond motifs is 1. The van der Waals surface area contributed by atoms with E-state index >= 15 is 0 Å². The van der Waals surface area contributed by atoms with E-state index in [0.29, 0.717) is 47.8 Å². The molecule has 2 unspecified atom stereocenters. The fraction of sp³-hybridized carbons (Fsp3) is 0.594. The van der Waals surface area contributed by atoms with Crippen LogP contribution >= 0.6 is 0 Å². The van der Waals surface area contributed by atoms with E-state index in [-0.39, 0.29) is 30.0 Å². The summed E-state index contributed by atoms with van der Waals surface area (Å²) in [5.74, 6) is -0.370. The first-order chi connectivity index (χ1) is 23.6. The molecule has 0 bridgehead atoms. The van der Waals surface area contributed by atoms with E-state index in [2.05, 4.69) is 35.3 Å². The van der Waals surface area contributed by atoms with Crippen LogP contribution < -0.4 is 15.4 Å². The Kier molecular flexibility index (Phi) is 11.4. The zero-order valence-electron chi connectivity index (χ0n) is 26.9. The third kappa shape index (κ3) is 8.91. The number of anilines is 1. The number of hydrogen-bond donors (Lipinski definition) is 2. The number of alkyl halides is 4. The second-order valence-corrected chi connectivity index (χ2v) is 14.3. The Bertz CT molecular complexity index is 1630. The Hall–Kier alpha value is -3.70. The summed E-state index contributed by atoms with van der Waals surface area (Å²) in [4.78, 5) is 34.6. The lowest BCUT2D eigenvalue weighted by atomic mass is 9.88. The van der Waals surface area contributed by atoms with Gasteiger partial charge in [-0.3, -0.25) is 19.6 Å². The van der Waals surface area contributed by atoms with Crippen LogP contribution in [0.3, 0.4) is 0 Å². The van der Waals surface area contributed by atoms with Crippen LogP contribution in [0.4, 0.5) is 23.5 Å². The fourth-order valence-electron chi connectivity index (χ4n) is 6.92. The van der Waals surface area contributed by atoms with E-state index < -0.39 is 42.4 Å². The van der Waals surface area contributed by atoms with Gasteiger partial charge in [-0.2, -0.15) is 13.9 Å². The maximum atomic E-state index is 13.5. The van der Waals surface area contributed by atoms with Gasteiger partial charge in [-0.1, -0.05) is 12.1 Å². The smallest absolute Gasteiger partial charge is 0.387 e. The zero-order chi connectivity index (χ0) is 34.5. The van der Waals surface area contributed by atoms with E-state index in [4.69, 9.17) is 0 Å². The molecule has 0 spiro atoms. The van der Waals surface area contributed by atoms with Gasteiger partial charge >= 0.3 is 6.61 Å². The van der Waals surface area contributed by atoms with Gasteiger partial charge in [-0.25, -0.2) is 27.3 Å². The average molecular weight is 709 g/mol. The molecule has 3 fully saturated rings. The van der Waals surface area contributed by atoms with Crippen molar-refractivity contribution in [2.24, 2.45) is 0 Å². The lowest BCUT2D eigenvalue weighted by Gasteiger charge is -2.33. The highest BCUT2D eigenvalue weighted by molar-refractivity contribution is 7.82. The van der Waals surface area contributed by atoms with E-state index in [1.807, 2.05) is 22.5 Å². The molecule has 2 amide bonds. The summed E-state index contributed by atoms with van der Waals surface area (Å²) < 4.78 is 72.1. The van der Waals surface area contributed by atoms with Crippen LogP contribution in [-0.4, -0.2) is 103 Å². The fourth-order valence-corrected chi connectivity index (χ4v) is 8.18. The first-order valence-electron chi connectivity index (χ1n) is 16.6. The van der Waals surface area contributed by atoms with Gasteiger partial charge in [0, 0.05) is 36.7 Å². The third-order valence-electron chi connectivity index (χ3n) is 9.47. The number of imide groups is 1. The van der Waals surface area contributed by atoms with Crippen LogP contribution in [0.5, 0.6) is 5.75 Å². The quantitative estimate of drug-likeness (QED) is 0.200. The van der Waals surface area contributed by atoms with Crippen molar-refractivity contribution in [3.05, 3.63) is 41.9 Å². The molecule has 3 aromatic rings. The summed E-state index contributed by atoms with van der Waals surface area (Å²) >= 11 is 0. The zero-order valence-corrected chi connectivity index (χ0v) is 27.7. The molecule has 2 N–H and O–H groups in total. The van der Waals surface area contributed by atoms with Crippen LogP contribution in [0.15, 0.2) is 30.6 Å². The monoisotopic (exact) mass is 708 g/mol. The van der Waals surface area contributed by atoms with E-state index in [0.717, 1.165) is 57.3 Å². The molecule has 12 nitrogen and oxygen atoms in total. The van der Waals surface area contributed by atoms with Crippen molar-refractivity contribution in [3.63, 3.8) is 0 Å². The van der Waals surface area contributed by atoms with E-state index in [1.165, 1.54) is 17.1 Å². The molecule has 6 rings (SSSR count). The highest BCUT2D eigenvalue weighted by atomic mass is 32.2. The van der Waals surface area contributed by atoms with Crippen LogP contribution in [-0.2, 0) is 27.1 Å². The number of aromatic nitrogens is 4. The first-order valence-corrected chi connectivity index (χ1v) is 17.9. The lowest BCUT2D eigenvalue weighted by molar-refractivity contribution is -0.134. The molecule has 5 heterocycles. The third-order valence-corrected chi connectivity index (χ3v) is 11.0. The molecule has 2 atom stereocenters. The Balaban J connectivity index is 0.949. The molecule has 0 saturated carbocycles. The van der Waals surface area contributed by atoms with Crippen LogP contribution in [0.2, 0.25) is 0 Å². The number of halogens is 4. The van der Waals surface area contributed by atoms with Crippen molar-refractivity contribution in [2.75, 3.05) is 43.8 Å². The van der Waals surface area contributed by atoms with Gasteiger partial charge in [0.05, 0.1) is 40.5 Å². The van der Waals surface area contributed by atoms with Crippen molar-refractivity contribution in [3.8, 4) is 5.75 Å². The maximum absolute atomic E-state index is 13.5. The molecule has 266 valence electrons. The Morgan fingerprint density at radius 1 is 1.00 bits per heavy atom. The molecular weight excluding hydrogens is 668 g/mol. The summed E-state index contributed by atoms with van der Waals surface area (Å²) in [6.45, 7) is 0.419. The lowest BCUT2D eigenvalue weighted by Crippen LogP contribution is -2.41. The minimum atomic E-state index is -2.93. The van der Waals surface area contributed by atoms with E-state index in [1.54, 1.807) is 0 Å². The number of rotatable bonds is 13. The Morgan fingerprint density at radius 2 is 1.73 bits per heavy atom. The minimum absolute atomic E-state index is 0.0920. The predicted molar refractivity (Wildman–Crippen MR) is 174 cm³/mol. The van der Waals surface area contributed by atoms with Crippen LogP contribution in [0.1, 0.15) is 68.0 Å². The van der Waals surface area contributed by atoms with Crippen LogP contribution in [0.25, 0.3) is 10.9 Å². The molecule has 3 aliphatic rings. The van der Waals surface area contributed by atoms with Crippen molar-refractivity contribution in [1.82, 2.24) is 34.3 Å². The summed E-state index contributed by atoms with van der Waals surface area (Å²) in [7, 11) is -1.09. The molecular formula is C32H40F4N8O4S. The topological polar surface area (TPSA) is 135 Å². The summed E-state index contributed by atoms with van der Waals surface area (Å²) in [6, 6.07) is 5.90. The molecule has 3 saturated heterocycles. The number of likely N-dealkylation sites (tertiary alicyclic amines) is 1. The number of hydrogen-bond acceptors (Lipinski definition) is 9. The maximum Gasteiger partial charge on any atom is 0.387 e. The Labute approximate surface area is 283 Å². The highest BCUT2D eigenvalue weighted by Crippen LogP contribution is 2.35. The number of carbonyl (C=O) groups excluding carboxylic acids is 2. The summed E-state index contributed by atoms with van der Waals surface area (Å²) in [5.41, 5.74) is 2.07. The van der Waals surface area contributed by atoms with Gasteiger partial charge in [0.1, 0.15) is 6.54 Å². The molecule has 3 aliphatic heterocycles. The first kappa shape index (κ1) is 35.1. The molecule has 49 heavy (non-hydrogen) atoms. The van der Waals surface area contributed by atoms with Gasteiger partial charge in [-0.05, 0) is 75.7 Å². The van der Waals surface area contributed by atoms with Gasteiger partial charge < -0.3 is 15.0 Å². The predicted octanol–water partition coefficient (Wildman–Crippen LogP) is 4.02. The standard InChI is InChI=1S/C32H40F4N8O4S/c33-27(34)19-44-26-16-21(2-3-24(26)29(41-44)25-4-5-28(45)40-30(25)46)20-6-11-42(12-7-20)10-1-15-49(47)43-13-8-22(9-14-43)39-32-37-17-23(18-38-32)48-31(35)36/h2-3,16-18,20,22,25,27,31H,1,4-15,19H2,(H,37,38,39)(H,40,45,46). The Morgan fingerprint density at radius 3 is 2.41 bits per heavy atom. The number of amides is 2. The second-order valence-electron chi connectivity index (χ2n) is 12.7. The number of benzene rings is 1. The van der Waals surface area contributed by atoms with Gasteiger partial charge in [0.15, 0.2) is 5.75 Å². The second kappa shape index (κ2) is 15.9. The number of nitrogens with zero attached hydrogens (tertiary/aromatic N) is 6. The highest BCUT2D eigenvalue weighted by Gasteiger charge is 2.33. The molecule has 0 aliphatic carbocycles. The number of carbonyl (C=O) groups is 2. The average Bonchev–Trinajstić information content (AvgIpc) is 3.42. The molecule has 1 aromatic carbocycles. The largest absolute Gasteiger partial charge is 0.432 e. The normalized spacial score (nSPS) is 21.1. The van der Waals surface area contributed by atoms with Crippen molar-refractivity contribution in [1.29, 1.82) is 0 Å². The minimum Gasteiger partial charge on any atom is -0.432 e. The molecule has 17 heteroatoms. The number of piperidine rings is 3. The van der Waals surface area contributed by atoms with Gasteiger partial charge in [0.2, 0.25) is 17.8 Å². The van der Waals surface area contributed by atoms with Crippen molar-refractivity contribution in [2.45, 2.75) is 82.4 Å². The molecule has 0 radical (unpaired) electrons. The van der Waals surface area contributed by atoms with Crippen molar-refractivity contribution >= 4 is 39.7 Å². The summed E-state index contributed by atoms with van der Waals surface area (Å²) in [5, 5.41) is 10.6. The van der Waals surface area contributed by atoms with Gasteiger partial charge in [-0.15, -0.1) is 0 Å².